The molecule has 102 valence electrons. The Hall–Kier alpha value is -1.88. The van der Waals surface area contributed by atoms with Crippen LogP contribution in [0.1, 0.15) is 24.3 Å². The number of para-hydroxylation sites is 1. The second kappa shape index (κ2) is 5.40. The third-order valence-electron chi connectivity index (χ3n) is 3.47. The molecule has 2 rings (SSSR count). The first kappa shape index (κ1) is 13.5. The Bertz CT molecular complexity index is 591. The summed E-state index contributed by atoms with van der Waals surface area (Å²) in [6.45, 7) is 3.82. The van der Waals surface area contributed by atoms with Crippen molar-refractivity contribution in [2.24, 2.45) is 13.0 Å². The van der Waals surface area contributed by atoms with E-state index in [-0.39, 0.29) is 24.5 Å². The molecule has 2 unspecified atom stereocenters. The Kier molecular flexibility index (Phi) is 3.85. The number of amides is 1. The van der Waals surface area contributed by atoms with E-state index >= 15 is 0 Å². The number of nitrogens with one attached hydrogen (secondary N) is 1. The first-order valence-electron chi connectivity index (χ1n) is 6.38. The third kappa shape index (κ3) is 2.61. The number of carbonyl (C=O) groups is 1. The summed E-state index contributed by atoms with van der Waals surface area (Å²) >= 11 is 0. The minimum absolute atomic E-state index is 0.0129. The molecule has 0 aliphatic heterocycles. The summed E-state index contributed by atoms with van der Waals surface area (Å²) in [4.78, 5) is 12.2. The number of fused-ring (bicyclic) bond motifs is 1. The highest BCUT2D eigenvalue weighted by atomic mass is 16.3. The molecule has 0 aliphatic carbocycles. The SMILES string of the molecule is CC(CO)C(C)NC(=O)c1nn(C)c2ccccc12. The average Bonchev–Trinajstić information content (AvgIpc) is 2.76. The van der Waals surface area contributed by atoms with Gasteiger partial charge in [0, 0.05) is 25.1 Å². The second-order valence-corrected chi connectivity index (χ2v) is 4.91. The van der Waals surface area contributed by atoms with Gasteiger partial charge in [-0.05, 0) is 18.9 Å². The molecule has 1 aromatic heterocycles. The molecule has 0 spiro atoms. The Morgan fingerprint density at radius 3 is 2.79 bits per heavy atom. The van der Waals surface area contributed by atoms with Crippen molar-refractivity contribution < 1.29 is 9.90 Å². The predicted octanol–water partition coefficient (Wildman–Crippen LogP) is 1.32. The molecule has 1 aromatic carbocycles. The summed E-state index contributed by atoms with van der Waals surface area (Å²) < 4.78 is 1.70. The molecular formula is C14H19N3O2. The molecule has 19 heavy (non-hydrogen) atoms. The van der Waals surface area contributed by atoms with E-state index in [4.69, 9.17) is 5.11 Å². The van der Waals surface area contributed by atoms with Crippen LogP contribution in [0.5, 0.6) is 0 Å². The monoisotopic (exact) mass is 261 g/mol. The lowest BCUT2D eigenvalue weighted by Gasteiger charge is -2.18. The third-order valence-corrected chi connectivity index (χ3v) is 3.47. The summed E-state index contributed by atoms with van der Waals surface area (Å²) in [6.07, 6.45) is 0. The number of carbonyl (C=O) groups excluding carboxylic acids is 1. The molecule has 0 aliphatic rings. The lowest BCUT2D eigenvalue weighted by molar-refractivity contribution is 0.0912. The lowest BCUT2D eigenvalue weighted by atomic mass is 10.0. The van der Waals surface area contributed by atoms with Gasteiger partial charge in [-0.1, -0.05) is 25.1 Å². The van der Waals surface area contributed by atoms with Crippen LogP contribution in [0.4, 0.5) is 0 Å². The van der Waals surface area contributed by atoms with Crippen molar-refractivity contribution in [2.45, 2.75) is 19.9 Å². The number of rotatable bonds is 4. The first-order chi connectivity index (χ1) is 9.04. The van der Waals surface area contributed by atoms with Gasteiger partial charge in [-0.3, -0.25) is 9.48 Å². The Morgan fingerprint density at radius 2 is 2.11 bits per heavy atom. The lowest BCUT2D eigenvalue weighted by Crippen LogP contribution is -2.38. The molecule has 2 atom stereocenters. The van der Waals surface area contributed by atoms with Crippen LogP contribution in [0.25, 0.3) is 10.9 Å². The molecule has 5 heteroatoms. The van der Waals surface area contributed by atoms with E-state index in [1.807, 2.05) is 45.2 Å². The van der Waals surface area contributed by atoms with E-state index in [1.54, 1.807) is 4.68 Å². The molecule has 1 amide bonds. The normalized spacial score (nSPS) is 14.3. The van der Waals surface area contributed by atoms with E-state index in [1.165, 1.54) is 0 Å². The van der Waals surface area contributed by atoms with Crippen LogP contribution in [0.15, 0.2) is 24.3 Å². The second-order valence-electron chi connectivity index (χ2n) is 4.91. The molecule has 5 nitrogen and oxygen atoms in total. The van der Waals surface area contributed by atoms with E-state index in [0.717, 1.165) is 10.9 Å². The van der Waals surface area contributed by atoms with E-state index in [9.17, 15) is 4.79 Å². The molecule has 0 fully saturated rings. The van der Waals surface area contributed by atoms with Crippen molar-refractivity contribution in [3.63, 3.8) is 0 Å². The maximum Gasteiger partial charge on any atom is 0.272 e. The molecule has 0 saturated carbocycles. The molecule has 2 aromatic rings. The first-order valence-corrected chi connectivity index (χ1v) is 6.38. The molecule has 0 bridgehead atoms. The number of aliphatic hydroxyl groups excluding tert-OH is 1. The van der Waals surface area contributed by atoms with E-state index < -0.39 is 0 Å². The predicted molar refractivity (Wildman–Crippen MR) is 73.9 cm³/mol. The van der Waals surface area contributed by atoms with Gasteiger partial charge >= 0.3 is 0 Å². The molecule has 0 radical (unpaired) electrons. The van der Waals surface area contributed by atoms with Crippen molar-refractivity contribution >= 4 is 16.8 Å². The number of aliphatic hydroxyl groups is 1. The highest BCUT2D eigenvalue weighted by Crippen LogP contribution is 2.17. The van der Waals surface area contributed by atoms with Crippen LogP contribution in [0.2, 0.25) is 0 Å². The zero-order valence-corrected chi connectivity index (χ0v) is 11.4. The van der Waals surface area contributed by atoms with Gasteiger partial charge in [0.15, 0.2) is 5.69 Å². The number of hydrogen-bond donors (Lipinski definition) is 2. The van der Waals surface area contributed by atoms with Gasteiger partial charge in [0.05, 0.1) is 5.52 Å². The summed E-state index contributed by atoms with van der Waals surface area (Å²) in [5, 5.41) is 17.1. The van der Waals surface area contributed by atoms with Crippen molar-refractivity contribution in [1.82, 2.24) is 15.1 Å². The largest absolute Gasteiger partial charge is 0.396 e. The number of aromatic nitrogens is 2. The van der Waals surface area contributed by atoms with Gasteiger partial charge in [0.25, 0.3) is 5.91 Å². The number of aryl methyl sites for hydroxylation is 1. The van der Waals surface area contributed by atoms with Crippen LogP contribution in [0, 0.1) is 5.92 Å². The maximum absolute atomic E-state index is 12.2. The summed E-state index contributed by atoms with van der Waals surface area (Å²) in [7, 11) is 1.82. The molecular weight excluding hydrogens is 242 g/mol. The smallest absolute Gasteiger partial charge is 0.272 e. The van der Waals surface area contributed by atoms with Crippen LogP contribution in [0.3, 0.4) is 0 Å². The van der Waals surface area contributed by atoms with Crippen LogP contribution >= 0.6 is 0 Å². The van der Waals surface area contributed by atoms with Gasteiger partial charge in [-0.15, -0.1) is 0 Å². The zero-order valence-electron chi connectivity index (χ0n) is 11.4. The maximum atomic E-state index is 12.2. The van der Waals surface area contributed by atoms with Crippen LogP contribution < -0.4 is 5.32 Å². The average molecular weight is 261 g/mol. The Balaban J connectivity index is 2.27. The zero-order chi connectivity index (χ0) is 14.0. The Labute approximate surface area is 112 Å². The number of nitrogens with zero attached hydrogens (tertiary/aromatic N) is 2. The van der Waals surface area contributed by atoms with Gasteiger partial charge in [-0.2, -0.15) is 5.10 Å². The molecule has 2 N–H and O–H groups in total. The fourth-order valence-electron chi connectivity index (χ4n) is 1.96. The van der Waals surface area contributed by atoms with E-state index in [0.29, 0.717) is 5.69 Å². The minimum Gasteiger partial charge on any atom is -0.396 e. The molecule has 0 saturated heterocycles. The van der Waals surface area contributed by atoms with Gasteiger partial charge in [0.2, 0.25) is 0 Å². The Morgan fingerprint density at radius 1 is 1.42 bits per heavy atom. The van der Waals surface area contributed by atoms with Crippen molar-refractivity contribution in [3.8, 4) is 0 Å². The summed E-state index contributed by atoms with van der Waals surface area (Å²) in [5.74, 6) is -0.191. The van der Waals surface area contributed by atoms with Gasteiger partial charge in [-0.25, -0.2) is 0 Å². The van der Waals surface area contributed by atoms with Crippen LogP contribution in [-0.4, -0.2) is 33.4 Å². The van der Waals surface area contributed by atoms with Gasteiger partial charge < -0.3 is 10.4 Å². The quantitative estimate of drug-likeness (QED) is 0.872. The minimum atomic E-state index is -0.204. The van der Waals surface area contributed by atoms with Crippen molar-refractivity contribution in [1.29, 1.82) is 0 Å². The number of hydrogen-bond acceptors (Lipinski definition) is 3. The topological polar surface area (TPSA) is 67.2 Å². The van der Waals surface area contributed by atoms with Crippen molar-refractivity contribution in [2.75, 3.05) is 6.61 Å². The molecule has 1 heterocycles. The fraction of sp³-hybridized carbons (Fsp3) is 0.429. The fourth-order valence-corrected chi connectivity index (χ4v) is 1.96. The highest BCUT2D eigenvalue weighted by molar-refractivity contribution is 6.04. The standard InChI is InChI=1S/C14H19N3O2/c1-9(8-18)10(2)15-14(19)13-11-6-4-5-7-12(11)17(3)16-13/h4-7,9-10,18H,8H2,1-3H3,(H,15,19). The van der Waals surface area contributed by atoms with Crippen molar-refractivity contribution in [3.05, 3.63) is 30.0 Å². The van der Waals surface area contributed by atoms with Crippen LogP contribution in [-0.2, 0) is 7.05 Å². The van der Waals surface area contributed by atoms with Gasteiger partial charge in [0.1, 0.15) is 0 Å². The van der Waals surface area contributed by atoms with E-state index in [2.05, 4.69) is 10.4 Å². The summed E-state index contributed by atoms with van der Waals surface area (Å²) in [6, 6.07) is 7.53. The summed E-state index contributed by atoms with van der Waals surface area (Å²) in [5.41, 5.74) is 1.35. The highest BCUT2D eigenvalue weighted by Gasteiger charge is 2.19. The number of benzene rings is 1.